The predicted octanol–water partition coefficient (Wildman–Crippen LogP) is 4.65. The lowest BCUT2D eigenvalue weighted by molar-refractivity contribution is -0.137. The molecule has 0 bridgehead atoms. The van der Waals surface area contributed by atoms with Crippen LogP contribution in [0.1, 0.15) is 85.6 Å². The van der Waals surface area contributed by atoms with Gasteiger partial charge in [0.25, 0.3) is 0 Å². The first-order chi connectivity index (χ1) is 16.0. The van der Waals surface area contributed by atoms with Crippen molar-refractivity contribution in [2.75, 3.05) is 19.0 Å². The molecule has 3 heterocycles. The number of anilines is 1. The number of pyridine rings is 2. The van der Waals surface area contributed by atoms with Gasteiger partial charge >= 0.3 is 5.97 Å². The molecule has 4 rings (SSSR count). The van der Waals surface area contributed by atoms with E-state index in [2.05, 4.69) is 16.4 Å². The number of unbranched alkanes of at least 4 members (excludes halogenated alkanes) is 1. The standard InChI is InChI=1S/C26H33N3O4/c1-33-24-11-10-19(16-28-24)20(15-25(31)32)13-21(30)6-2-3-7-23-22(17-8-9-17)14-18-5-4-12-27-26(18)29-23/h10-11,14,16-17,20H,2-9,12-13,15H2,1H3,(H,27,29)(H,31,32)/t20-/m0/s1. The normalized spacial score (nSPS) is 15.9. The van der Waals surface area contributed by atoms with E-state index in [4.69, 9.17) is 9.72 Å². The number of aromatic nitrogens is 2. The van der Waals surface area contributed by atoms with E-state index < -0.39 is 5.97 Å². The van der Waals surface area contributed by atoms with Crippen molar-refractivity contribution in [3.8, 4) is 5.88 Å². The minimum absolute atomic E-state index is 0.0868. The lowest BCUT2D eigenvalue weighted by atomic mass is 9.90. The summed E-state index contributed by atoms with van der Waals surface area (Å²) in [5.74, 6) is 0.986. The number of carboxylic acids is 1. The lowest BCUT2D eigenvalue weighted by Crippen LogP contribution is -2.15. The molecule has 0 radical (unpaired) electrons. The number of hydrogen-bond acceptors (Lipinski definition) is 6. The number of fused-ring (bicyclic) bond motifs is 1. The Morgan fingerprint density at radius 2 is 2.09 bits per heavy atom. The van der Waals surface area contributed by atoms with Gasteiger partial charge in [-0.1, -0.05) is 12.1 Å². The van der Waals surface area contributed by atoms with Crippen LogP contribution >= 0.6 is 0 Å². The minimum atomic E-state index is -0.914. The molecule has 2 aliphatic rings. The predicted molar refractivity (Wildman–Crippen MR) is 126 cm³/mol. The first kappa shape index (κ1) is 23.2. The van der Waals surface area contributed by atoms with Crippen LogP contribution in [0.25, 0.3) is 0 Å². The number of ketones is 1. The van der Waals surface area contributed by atoms with Crippen LogP contribution < -0.4 is 10.1 Å². The molecule has 1 aliphatic carbocycles. The number of carbonyl (C=O) groups is 2. The Bertz CT molecular complexity index is 986. The summed E-state index contributed by atoms with van der Waals surface area (Å²) in [5.41, 5.74) is 4.70. The van der Waals surface area contributed by atoms with Crippen molar-refractivity contribution >= 4 is 17.6 Å². The molecule has 1 aliphatic heterocycles. The van der Waals surface area contributed by atoms with Gasteiger partial charge in [0.2, 0.25) is 5.88 Å². The van der Waals surface area contributed by atoms with E-state index in [9.17, 15) is 14.7 Å². The maximum absolute atomic E-state index is 12.7. The van der Waals surface area contributed by atoms with Crippen molar-refractivity contribution in [2.45, 2.75) is 76.0 Å². The second kappa shape index (κ2) is 10.8. The molecule has 2 N–H and O–H groups in total. The molecule has 2 aromatic rings. The zero-order valence-electron chi connectivity index (χ0n) is 19.3. The summed E-state index contributed by atoms with van der Waals surface area (Å²) < 4.78 is 5.07. The van der Waals surface area contributed by atoms with E-state index in [1.165, 1.54) is 36.8 Å². The Morgan fingerprint density at radius 3 is 2.79 bits per heavy atom. The van der Waals surface area contributed by atoms with Gasteiger partial charge < -0.3 is 15.2 Å². The van der Waals surface area contributed by atoms with Gasteiger partial charge in [0.15, 0.2) is 0 Å². The van der Waals surface area contributed by atoms with E-state index in [-0.39, 0.29) is 24.5 Å². The smallest absolute Gasteiger partial charge is 0.303 e. The zero-order valence-corrected chi connectivity index (χ0v) is 19.3. The van der Waals surface area contributed by atoms with Crippen LogP contribution in [0.5, 0.6) is 5.88 Å². The number of rotatable bonds is 12. The van der Waals surface area contributed by atoms with Crippen molar-refractivity contribution in [1.82, 2.24) is 9.97 Å². The van der Waals surface area contributed by atoms with Crippen molar-refractivity contribution in [1.29, 1.82) is 0 Å². The van der Waals surface area contributed by atoms with Crippen LogP contribution in [0.3, 0.4) is 0 Å². The van der Waals surface area contributed by atoms with Gasteiger partial charge in [-0.05, 0) is 67.6 Å². The number of Topliss-reactive ketones (excluding diaryl/α,β-unsaturated/α-hetero) is 1. The maximum atomic E-state index is 12.7. The summed E-state index contributed by atoms with van der Waals surface area (Å²) in [6.45, 7) is 0.984. The van der Waals surface area contributed by atoms with Gasteiger partial charge in [0, 0.05) is 43.3 Å². The van der Waals surface area contributed by atoms with Crippen molar-refractivity contribution in [3.63, 3.8) is 0 Å². The number of nitrogens with one attached hydrogen (secondary N) is 1. The molecule has 0 amide bonds. The first-order valence-electron chi connectivity index (χ1n) is 12.0. The number of carbonyl (C=O) groups excluding carboxylic acids is 1. The van der Waals surface area contributed by atoms with Gasteiger partial charge in [-0.2, -0.15) is 0 Å². The van der Waals surface area contributed by atoms with Gasteiger partial charge in [-0.3, -0.25) is 9.59 Å². The highest BCUT2D eigenvalue weighted by atomic mass is 16.5. The Morgan fingerprint density at radius 1 is 1.24 bits per heavy atom. The highest BCUT2D eigenvalue weighted by molar-refractivity contribution is 5.80. The number of aryl methyl sites for hydroxylation is 2. The Kier molecular flexibility index (Phi) is 7.57. The number of methoxy groups -OCH3 is 1. The number of carboxylic acid groups (broad SMARTS) is 1. The van der Waals surface area contributed by atoms with Crippen molar-refractivity contribution < 1.29 is 19.4 Å². The second-order valence-corrected chi connectivity index (χ2v) is 9.22. The molecule has 0 aromatic carbocycles. The number of hydrogen-bond donors (Lipinski definition) is 2. The molecule has 0 spiro atoms. The number of aliphatic carboxylic acids is 1. The molecular weight excluding hydrogens is 418 g/mol. The Hall–Kier alpha value is -2.96. The van der Waals surface area contributed by atoms with E-state index in [1.807, 2.05) is 0 Å². The summed E-state index contributed by atoms with van der Waals surface area (Å²) in [4.78, 5) is 33.1. The summed E-state index contributed by atoms with van der Waals surface area (Å²) in [7, 11) is 1.53. The average molecular weight is 452 g/mol. The summed E-state index contributed by atoms with van der Waals surface area (Å²) in [6, 6.07) is 5.86. The molecule has 0 unspecified atom stereocenters. The van der Waals surface area contributed by atoms with Crippen LogP contribution in [0.2, 0.25) is 0 Å². The fourth-order valence-corrected chi connectivity index (χ4v) is 4.65. The van der Waals surface area contributed by atoms with Gasteiger partial charge in [-0.25, -0.2) is 9.97 Å². The molecular formula is C26H33N3O4. The molecule has 7 nitrogen and oxygen atoms in total. The third-order valence-corrected chi connectivity index (χ3v) is 6.60. The van der Waals surface area contributed by atoms with Crippen LogP contribution in [0.15, 0.2) is 24.4 Å². The average Bonchev–Trinajstić information content (AvgIpc) is 3.66. The van der Waals surface area contributed by atoms with Crippen LogP contribution in [-0.4, -0.2) is 40.5 Å². The number of ether oxygens (including phenoxy) is 1. The van der Waals surface area contributed by atoms with E-state index in [1.54, 1.807) is 18.3 Å². The van der Waals surface area contributed by atoms with Gasteiger partial charge in [0.1, 0.15) is 11.6 Å². The topological polar surface area (TPSA) is 101 Å². The summed E-state index contributed by atoms with van der Waals surface area (Å²) >= 11 is 0. The number of nitrogens with zero attached hydrogens (tertiary/aromatic N) is 2. The lowest BCUT2D eigenvalue weighted by Gasteiger charge is -2.20. The fraction of sp³-hybridized carbons (Fsp3) is 0.538. The molecule has 1 atom stereocenters. The Balaban J connectivity index is 1.30. The van der Waals surface area contributed by atoms with E-state index >= 15 is 0 Å². The molecule has 176 valence electrons. The molecule has 1 fully saturated rings. The third-order valence-electron chi connectivity index (χ3n) is 6.60. The molecule has 1 saturated carbocycles. The zero-order chi connectivity index (χ0) is 23.2. The molecule has 7 heteroatoms. The summed E-state index contributed by atoms with van der Waals surface area (Å²) in [5, 5.41) is 12.7. The maximum Gasteiger partial charge on any atom is 0.303 e. The largest absolute Gasteiger partial charge is 0.481 e. The minimum Gasteiger partial charge on any atom is -0.481 e. The van der Waals surface area contributed by atoms with Gasteiger partial charge in [0.05, 0.1) is 13.5 Å². The molecule has 0 saturated heterocycles. The monoisotopic (exact) mass is 451 g/mol. The summed E-state index contributed by atoms with van der Waals surface area (Å²) in [6.07, 6.45) is 9.55. The second-order valence-electron chi connectivity index (χ2n) is 9.22. The fourth-order valence-electron chi connectivity index (χ4n) is 4.65. The highest BCUT2D eigenvalue weighted by Gasteiger charge is 2.28. The van der Waals surface area contributed by atoms with Crippen LogP contribution in [0, 0.1) is 0 Å². The SMILES string of the molecule is COc1ccc([C@H](CC(=O)O)CC(=O)CCCCc2nc3c(cc2C2CC2)CCCN3)cn1. The molecule has 2 aromatic heterocycles. The first-order valence-corrected chi connectivity index (χ1v) is 12.0. The van der Waals surface area contributed by atoms with E-state index in [0.29, 0.717) is 18.2 Å². The van der Waals surface area contributed by atoms with Crippen molar-refractivity contribution in [2.24, 2.45) is 0 Å². The van der Waals surface area contributed by atoms with Crippen LogP contribution in [-0.2, 0) is 22.4 Å². The quantitative estimate of drug-likeness (QED) is 0.453. The highest BCUT2D eigenvalue weighted by Crippen LogP contribution is 2.43. The van der Waals surface area contributed by atoms with Crippen LogP contribution in [0.4, 0.5) is 5.82 Å². The Labute approximate surface area is 195 Å². The molecule has 33 heavy (non-hydrogen) atoms. The third kappa shape index (κ3) is 6.30. The van der Waals surface area contributed by atoms with Crippen molar-refractivity contribution in [3.05, 3.63) is 46.8 Å². The van der Waals surface area contributed by atoms with E-state index in [0.717, 1.165) is 50.0 Å². The van der Waals surface area contributed by atoms with Gasteiger partial charge in [-0.15, -0.1) is 0 Å².